The topological polar surface area (TPSA) is 29.3 Å². The number of halogens is 2. The van der Waals surface area contributed by atoms with Crippen molar-refractivity contribution in [2.45, 2.75) is 36.0 Å². The summed E-state index contributed by atoms with van der Waals surface area (Å²) < 4.78 is 30.8. The number of thioether (sulfide) groups is 1. The van der Waals surface area contributed by atoms with E-state index in [1.165, 1.54) is 0 Å². The molecule has 0 N–H and O–H groups in total. The maximum atomic E-state index is 12.4. The van der Waals surface area contributed by atoms with E-state index < -0.39 is 5.76 Å². The number of aromatic nitrogens is 1. The molecule has 0 bridgehead atoms. The van der Waals surface area contributed by atoms with Gasteiger partial charge in [-0.3, -0.25) is 4.90 Å². The van der Waals surface area contributed by atoms with Crippen LogP contribution in [0.1, 0.15) is 30.2 Å². The summed E-state index contributed by atoms with van der Waals surface area (Å²) in [5.41, 5.74) is 2.89. The number of fused-ring (bicyclic) bond motifs is 1. The Bertz CT molecular complexity index is 833. The Kier molecular flexibility index (Phi) is 5.22. The lowest BCUT2D eigenvalue weighted by Gasteiger charge is -2.31. The molecule has 136 valence electrons. The van der Waals surface area contributed by atoms with E-state index in [9.17, 15) is 8.78 Å². The summed E-state index contributed by atoms with van der Waals surface area (Å²) in [7, 11) is 0. The van der Waals surface area contributed by atoms with Gasteiger partial charge in [0, 0.05) is 23.9 Å². The summed E-state index contributed by atoms with van der Waals surface area (Å²) in [6, 6.07) is 15.3. The van der Waals surface area contributed by atoms with Crippen LogP contribution < -0.4 is 0 Å². The fourth-order valence-corrected chi connectivity index (χ4v) is 4.00. The Morgan fingerprint density at radius 2 is 1.96 bits per heavy atom. The molecule has 1 aromatic heterocycles. The van der Waals surface area contributed by atoms with Gasteiger partial charge in [-0.1, -0.05) is 36.0 Å². The van der Waals surface area contributed by atoms with Gasteiger partial charge in [0.1, 0.15) is 5.52 Å². The highest BCUT2D eigenvalue weighted by atomic mass is 32.2. The molecule has 1 aliphatic rings. The third-order valence-corrected chi connectivity index (χ3v) is 5.44. The zero-order chi connectivity index (χ0) is 17.9. The zero-order valence-electron chi connectivity index (χ0n) is 14.3. The van der Waals surface area contributed by atoms with Crippen LogP contribution in [0.4, 0.5) is 8.78 Å². The highest BCUT2D eigenvalue weighted by Gasteiger charge is 2.25. The standard InChI is InChI=1S/C20H20F2N2OS/c21-20(22)26-16-9-7-14(8-10-16)12-24-11-3-4-15(13-24)19-23-17-5-1-2-6-18(17)25-19/h1-2,5-10,15,20H,3-4,11-13H2/t15-/m1/s1. The molecule has 26 heavy (non-hydrogen) atoms. The van der Waals surface area contributed by atoms with Crippen LogP contribution in [0.25, 0.3) is 11.1 Å². The van der Waals surface area contributed by atoms with Gasteiger partial charge in [0.2, 0.25) is 0 Å². The SMILES string of the molecule is FC(F)Sc1ccc(CN2CCC[C@@H](c3nc4ccccc4o3)C2)cc1. The van der Waals surface area contributed by atoms with Crippen LogP contribution in [0.2, 0.25) is 0 Å². The largest absolute Gasteiger partial charge is 0.440 e. The summed E-state index contributed by atoms with van der Waals surface area (Å²) in [4.78, 5) is 7.64. The Hall–Kier alpha value is -1.92. The first kappa shape index (κ1) is 17.5. The molecule has 0 saturated carbocycles. The molecule has 0 radical (unpaired) electrons. The number of likely N-dealkylation sites (tertiary alicyclic amines) is 1. The van der Waals surface area contributed by atoms with E-state index in [0.717, 1.165) is 55.0 Å². The Morgan fingerprint density at radius 1 is 1.15 bits per heavy atom. The Balaban J connectivity index is 1.41. The average molecular weight is 374 g/mol. The third-order valence-electron chi connectivity index (χ3n) is 4.72. The van der Waals surface area contributed by atoms with Crippen molar-refractivity contribution in [2.24, 2.45) is 0 Å². The average Bonchev–Trinajstić information content (AvgIpc) is 3.07. The van der Waals surface area contributed by atoms with Gasteiger partial charge in [-0.05, 0) is 49.2 Å². The summed E-state index contributed by atoms with van der Waals surface area (Å²) in [5, 5.41) is 0. The van der Waals surface area contributed by atoms with Gasteiger partial charge < -0.3 is 4.42 Å². The van der Waals surface area contributed by atoms with Crippen LogP contribution in [0.3, 0.4) is 0 Å². The van der Waals surface area contributed by atoms with E-state index in [0.29, 0.717) is 22.6 Å². The van der Waals surface area contributed by atoms with Gasteiger partial charge in [0.25, 0.3) is 5.76 Å². The van der Waals surface area contributed by atoms with Gasteiger partial charge in [-0.2, -0.15) is 8.78 Å². The van der Waals surface area contributed by atoms with E-state index in [2.05, 4.69) is 9.88 Å². The van der Waals surface area contributed by atoms with Crippen LogP contribution in [0.5, 0.6) is 0 Å². The smallest absolute Gasteiger partial charge is 0.288 e. The van der Waals surface area contributed by atoms with Gasteiger partial charge in [0.15, 0.2) is 11.5 Å². The second-order valence-electron chi connectivity index (χ2n) is 6.62. The number of oxazole rings is 1. The molecule has 0 unspecified atom stereocenters. The summed E-state index contributed by atoms with van der Waals surface area (Å²) in [5.74, 6) is -1.26. The zero-order valence-corrected chi connectivity index (χ0v) is 15.1. The second kappa shape index (κ2) is 7.76. The minimum Gasteiger partial charge on any atom is -0.440 e. The van der Waals surface area contributed by atoms with E-state index in [1.807, 2.05) is 36.4 Å². The number of hydrogen-bond acceptors (Lipinski definition) is 4. The molecule has 3 nitrogen and oxygen atoms in total. The molecular formula is C20H20F2N2OS. The van der Waals surface area contributed by atoms with E-state index in [1.54, 1.807) is 12.1 Å². The maximum Gasteiger partial charge on any atom is 0.288 e. The van der Waals surface area contributed by atoms with Gasteiger partial charge in [-0.15, -0.1) is 0 Å². The van der Waals surface area contributed by atoms with Gasteiger partial charge >= 0.3 is 0 Å². The lowest BCUT2D eigenvalue weighted by Crippen LogP contribution is -2.34. The number of rotatable bonds is 5. The Labute approximate surface area is 155 Å². The van der Waals surface area contributed by atoms with Crippen molar-refractivity contribution >= 4 is 22.9 Å². The molecule has 2 aromatic carbocycles. The minimum atomic E-state index is -2.37. The molecule has 0 amide bonds. The first-order chi connectivity index (χ1) is 12.7. The molecule has 1 aliphatic heterocycles. The molecule has 0 aliphatic carbocycles. The van der Waals surface area contributed by atoms with Crippen molar-refractivity contribution in [3.8, 4) is 0 Å². The fraction of sp³-hybridized carbons (Fsp3) is 0.350. The normalized spacial score (nSPS) is 18.7. The first-order valence-corrected chi connectivity index (χ1v) is 9.67. The number of para-hydroxylation sites is 2. The molecule has 1 atom stereocenters. The molecule has 0 spiro atoms. The summed E-state index contributed by atoms with van der Waals surface area (Å²) in [6.07, 6.45) is 2.18. The summed E-state index contributed by atoms with van der Waals surface area (Å²) >= 11 is 0.585. The van der Waals surface area contributed by atoms with Gasteiger partial charge in [0.05, 0.1) is 0 Å². The van der Waals surface area contributed by atoms with Crippen LogP contribution in [0.15, 0.2) is 57.8 Å². The molecule has 1 saturated heterocycles. The van der Waals surface area contributed by atoms with Crippen molar-refractivity contribution in [3.63, 3.8) is 0 Å². The highest BCUT2D eigenvalue weighted by Crippen LogP contribution is 2.30. The Morgan fingerprint density at radius 3 is 2.73 bits per heavy atom. The number of piperidine rings is 1. The number of nitrogens with zero attached hydrogens (tertiary/aromatic N) is 2. The molecule has 1 fully saturated rings. The quantitative estimate of drug-likeness (QED) is 0.550. The molecular weight excluding hydrogens is 354 g/mol. The predicted octanol–water partition coefficient (Wildman–Crippen LogP) is 5.52. The van der Waals surface area contributed by atoms with Crippen LogP contribution in [-0.2, 0) is 6.54 Å². The lowest BCUT2D eigenvalue weighted by molar-refractivity contribution is 0.187. The van der Waals surface area contributed by atoms with Crippen molar-refractivity contribution in [1.29, 1.82) is 0 Å². The monoisotopic (exact) mass is 374 g/mol. The molecule has 3 aromatic rings. The van der Waals surface area contributed by atoms with Crippen LogP contribution in [-0.4, -0.2) is 28.7 Å². The van der Waals surface area contributed by atoms with Crippen molar-refractivity contribution < 1.29 is 13.2 Å². The molecule has 6 heteroatoms. The highest BCUT2D eigenvalue weighted by molar-refractivity contribution is 7.99. The number of hydrogen-bond donors (Lipinski definition) is 0. The van der Waals surface area contributed by atoms with Gasteiger partial charge in [-0.25, -0.2) is 4.98 Å². The minimum absolute atomic E-state index is 0.296. The molecule has 2 heterocycles. The van der Waals surface area contributed by atoms with Crippen molar-refractivity contribution in [3.05, 3.63) is 60.0 Å². The van der Waals surface area contributed by atoms with Crippen LogP contribution >= 0.6 is 11.8 Å². The van der Waals surface area contributed by atoms with E-state index in [-0.39, 0.29) is 0 Å². The molecule has 4 rings (SSSR count). The maximum absolute atomic E-state index is 12.4. The predicted molar refractivity (Wildman–Crippen MR) is 99.6 cm³/mol. The lowest BCUT2D eigenvalue weighted by atomic mass is 9.97. The first-order valence-electron chi connectivity index (χ1n) is 8.79. The number of benzene rings is 2. The van der Waals surface area contributed by atoms with Crippen molar-refractivity contribution in [2.75, 3.05) is 13.1 Å². The fourth-order valence-electron chi connectivity index (χ4n) is 3.50. The summed E-state index contributed by atoms with van der Waals surface area (Å²) in [6.45, 7) is 2.75. The third kappa shape index (κ3) is 4.07. The van der Waals surface area contributed by atoms with Crippen LogP contribution in [0, 0.1) is 0 Å². The second-order valence-corrected chi connectivity index (χ2v) is 7.68. The van der Waals surface area contributed by atoms with E-state index >= 15 is 0 Å². The van der Waals surface area contributed by atoms with E-state index in [4.69, 9.17) is 4.42 Å². The van der Waals surface area contributed by atoms with Crippen molar-refractivity contribution in [1.82, 2.24) is 9.88 Å². The number of alkyl halides is 2.